The molecule has 2 atom stereocenters. The maximum atomic E-state index is 11.3. The molecular weight excluding hydrogens is 244 g/mol. The van der Waals surface area contributed by atoms with Crippen LogP contribution in [0.1, 0.15) is 35.7 Å². The average Bonchev–Trinajstić information content (AvgIpc) is 3.04. The van der Waals surface area contributed by atoms with Crippen molar-refractivity contribution in [2.45, 2.75) is 19.4 Å². The third kappa shape index (κ3) is 3.58. The van der Waals surface area contributed by atoms with Crippen molar-refractivity contribution in [3.63, 3.8) is 0 Å². The van der Waals surface area contributed by atoms with Gasteiger partial charge >= 0.3 is 5.97 Å². The van der Waals surface area contributed by atoms with Crippen LogP contribution in [0.25, 0.3) is 0 Å². The summed E-state index contributed by atoms with van der Waals surface area (Å²) in [5.74, 6) is 1.29. The highest BCUT2D eigenvalue weighted by Crippen LogP contribution is 2.19. The topological polar surface area (TPSA) is 54.7 Å². The van der Waals surface area contributed by atoms with E-state index in [1.54, 1.807) is 6.07 Å². The standard InChI is InChI=1S/C14H22N2O3/c1-10(15-8-11-6-7-16(2)9-11)12-4-5-13(19-12)14(17)18-3/h4-5,10-11,15H,6-9H2,1-3H3. The highest BCUT2D eigenvalue weighted by atomic mass is 16.5. The van der Waals surface area contributed by atoms with Crippen molar-refractivity contribution in [2.75, 3.05) is 33.8 Å². The molecule has 1 saturated heterocycles. The molecule has 19 heavy (non-hydrogen) atoms. The number of furan rings is 1. The molecule has 106 valence electrons. The molecule has 2 unspecified atom stereocenters. The molecule has 0 spiro atoms. The summed E-state index contributed by atoms with van der Waals surface area (Å²) in [6.45, 7) is 5.33. The first-order valence-electron chi connectivity index (χ1n) is 6.70. The monoisotopic (exact) mass is 266 g/mol. The van der Waals surface area contributed by atoms with Gasteiger partial charge in [-0.25, -0.2) is 4.79 Å². The van der Waals surface area contributed by atoms with Crippen LogP contribution >= 0.6 is 0 Å². The van der Waals surface area contributed by atoms with E-state index in [9.17, 15) is 4.79 Å². The van der Waals surface area contributed by atoms with Crippen molar-refractivity contribution in [3.05, 3.63) is 23.7 Å². The van der Waals surface area contributed by atoms with E-state index in [2.05, 4.69) is 22.0 Å². The van der Waals surface area contributed by atoms with Gasteiger partial charge in [0.25, 0.3) is 0 Å². The first-order chi connectivity index (χ1) is 9.10. The van der Waals surface area contributed by atoms with E-state index in [4.69, 9.17) is 4.42 Å². The Morgan fingerprint density at radius 2 is 2.42 bits per heavy atom. The summed E-state index contributed by atoms with van der Waals surface area (Å²) in [6, 6.07) is 3.58. The summed E-state index contributed by atoms with van der Waals surface area (Å²) in [5, 5.41) is 3.46. The molecule has 1 aliphatic rings. The first kappa shape index (κ1) is 14.1. The molecule has 5 nitrogen and oxygen atoms in total. The van der Waals surface area contributed by atoms with Gasteiger partial charge in [-0.05, 0) is 51.5 Å². The fourth-order valence-electron chi connectivity index (χ4n) is 2.43. The molecule has 1 N–H and O–H groups in total. The largest absolute Gasteiger partial charge is 0.463 e. The number of carbonyl (C=O) groups excluding carboxylic acids is 1. The summed E-state index contributed by atoms with van der Waals surface area (Å²) < 4.78 is 10.1. The number of esters is 1. The summed E-state index contributed by atoms with van der Waals surface area (Å²) in [6.07, 6.45) is 1.24. The van der Waals surface area contributed by atoms with E-state index >= 15 is 0 Å². The molecule has 2 rings (SSSR count). The molecule has 1 aromatic heterocycles. The summed E-state index contributed by atoms with van der Waals surface area (Å²) in [5.41, 5.74) is 0. The fraction of sp³-hybridized carbons (Fsp3) is 0.643. The van der Waals surface area contributed by atoms with Gasteiger partial charge in [0, 0.05) is 6.54 Å². The van der Waals surface area contributed by atoms with Crippen LogP contribution in [0.15, 0.2) is 16.5 Å². The van der Waals surface area contributed by atoms with Crippen molar-refractivity contribution in [3.8, 4) is 0 Å². The van der Waals surface area contributed by atoms with E-state index < -0.39 is 5.97 Å². The van der Waals surface area contributed by atoms with Crippen molar-refractivity contribution in [2.24, 2.45) is 5.92 Å². The molecule has 0 saturated carbocycles. The Morgan fingerprint density at radius 1 is 1.63 bits per heavy atom. The lowest BCUT2D eigenvalue weighted by atomic mass is 10.1. The van der Waals surface area contributed by atoms with Crippen LogP contribution in [0.2, 0.25) is 0 Å². The molecule has 2 heterocycles. The normalized spacial score (nSPS) is 21.5. The number of ether oxygens (including phenoxy) is 1. The molecule has 1 aromatic rings. The minimum atomic E-state index is -0.434. The van der Waals surface area contributed by atoms with Gasteiger partial charge in [-0.15, -0.1) is 0 Å². The van der Waals surface area contributed by atoms with Crippen LogP contribution in [0.4, 0.5) is 0 Å². The lowest BCUT2D eigenvalue weighted by Gasteiger charge is -2.15. The Bertz CT molecular complexity index is 430. The molecule has 0 radical (unpaired) electrons. The van der Waals surface area contributed by atoms with Crippen LogP contribution in [0, 0.1) is 5.92 Å². The average molecular weight is 266 g/mol. The van der Waals surface area contributed by atoms with E-state index in [1.165, 1.54) is 20.1 Å². The number of methoxy groups -OCH3 is 1. The smallest absolute Gasteiger partial charge is 0.373 e. The number of nitrogens with one attached hydrogen (secondary N) is 1. The Balaban J connectivity index is 1.84. The second-order valence-electron chi connectivity index (χ2n) is 5.24. The van der Waals surface area contributed by atoms with Gasteiger partial charge < -0.3 is 19.4 Å². The second-order valence-corrected chi connectivity index (χ2v) is 5.24. The van der Waals surface area contributed by atoms with Crippen molar-refractivity contribution in [1.82, 2.24) is 10.2 Å². The third-order valence-electron chi connectivity index (χ3n) is 3.64. The fourth-order valence-corrected chi connectivity index (χ4v) is 2.43. The van der Waals surface area contributed by atoms with Crippen molar-refractivity contribution >= 4 is 5.97 Å². The van der Waals surface area contributed by atoms with Gasteiger partial charge in [0.15, 0.2) is 0 Å². The highest BCUT2D eigenvalue weighted by Gasteiger charge is 2.21. The second kappa shape index (κ2) is 6.21. The van der Waals surface area contributed by atoms with Gasteiger partial charge in [0.05, 0.1) is 13.2 Å². The number of nitrogens with zero attached hydrogens (tertiary/aromatic N) is 1. The summed E-state index contributed by atoms with van der Waals surface area (Å²) in [7, 11) is 3.50. The molecule has 1 aliphatic heterocycles. The lowest BCUT2D eigenvalue weighted by molar-refractivity contribution is 0.0562. The molecule has 5 heteroatoms. The predicted molar refractivity (Wildman–Crippen MR) is 72.1 cm³/mol. The Kier molecular flexibility index (Phi) is 4.61. The maximum absolute atomic E-state index is 11.3. The Hall–Kier alpha value is -1.33. The third-order valence-corrected chi connectivity index (χ3v) is 3.64. The SMILES string of the molecule is COC(=O)c1ccc(C(C)NCC2CCN(C)C2)o1. The van der Waals surface area contributed by atoms with Gasteiger partial charge in [0.2, 0.25) is 5.76 Å². The molecule has 0 bridgehead atoms. The van der Waals surface area contributed by atoms with Gasteiger partial charge in [-0.3, -0.25) is 0 Å². The zero-order valence-electron chi connectivity index (χ0n) is 11.8. The van der Waals surface area contributed by atoms with Crippen LogP contribution in [0.5, 0.6) is 0 Å². The van der Waals surface area contributed by atoms with Crippen molar-refractivity contribution in [1.29, 1.82) is 0 Å². The van der Waals surface area contributed by atoms with E-state index in [0.717, 1.165) is 18.8 Å². The highest BCUT2D eigenvalue weighted by molar-refractivity contribution is 5.86. The maximum Gasteiger partial charge on any atom is 0.373 e. The molecule has 0 aromatic carbocycles. The number of hydrogen-bond acceptors (Lipinski definition) is 5. The molecular formula is C14H22N2O3. The van der Waals surface area contributed by atoms with Crippen LogP contribution < -0.4 is 5.32 Å². The zero-order chi connectivity index (χ0) is 13.8. The summed E-state index contributed by atoms with van der Waals surface area (Å²) >= 11 is 0. The first-order valence-corrected chi connectivity index (χ1v) is 6.70. The van der Waals surface area contributed by atoms with Gasteiger partial charge in [0.1, 0.15) is 5.76 Å². The molecule has 0 amide bonds. The van der Waals surface area contributed by atoms with Crippen LogP contribution in [-0.4, -0.2) is 44.7 Å². The lowest BCUT2D eigenvalue weighted by Crippen LogP contribution is -2.27. The number of hydrogen-bond donors (Lipinski definition) is 1. The minimum absolute atomic E-state index is 0.101. The molecule has 0 aliphatic carbocycles. The Morgan fingerprint density at radius 3 is 3.05 bits per heavy atom. The number of carbonyl (C=O) groups is 1. The number of rotatable bonds is 5. The quantitative estimate of drug-likeness (QED) is 0.822. The minimum Gasteiger partial charge on any atom is -0.463 e. The predicted octanol–water partition coefficient (Wildman–Crippen LogP) is 1.67. The van der Waals surface area contributed by atoms with Gasteiger partial charge in [-0.1, -0.05) is 0 Å². The summed E-state index contributed by atoms with van der Waals surface area (Å²) in [4.78, 5) is 13.7. The van der Waals surface area contributed by atoms with Crippen LogP contribution in [0.3, 0.4) is 0 Å². The van der Waals surface area contributed by atoms with Crippen LogP contribution in [-0.2, 0) is 4.74 Å². The Labute approximate surface area is 113 Å². The number of likely N-dealkylation sites (tertiary alicyclic amines) is 1. The van der Waals surface area contributed by atoms with E-state index in [0.29, 0.717) is 5.92 Å². The van der Waals surface area contributed by atoms with Crippen molar-refractivity contribution < 1.29 is 13.9 Å². The van der Waals surface area contributed by atoms with E-state index in [-0.39, 0.29) is 11.8 Å². The molecule has 1 fully saturated rings. The zero-order valence-corrected chi connectivity index (χ0v) is 11.8. The van der Waals surface area contributed by atoms with E-state index in [1.807, 2.05) is 13.0 Å². The van der Waals surface area contributed by atoms with Gasteiger partial charge in [-0.2, -0.15) is 0 Å².